The molecular weight excluding hydrogens is 324 g/mol. The predicted octanol–water partition coefficient (Wildman–Crippen LogP) is 3.41. The van der Waals surface area contributed by atoms with Crippen LogP contribution in [0.5, 0.6) is 5.75 Å². The summed E-state index contributed by atoms with van der Waals surface area (Å²) < 4.78 is 26.9. The van der Waals surface area contributed by atoms with Crippen LogP contribution in [0.15, 0.2) is 30.0 Å². The van der Waals surface area contributed by atoms with Gasteiger partial charge in [0.15, 0.2) is 6.29 Å². The first kappa shape index (κ1) is 21.0. The lowest BCUT2D eigenvalue weighted by Crippen LogP contribution is -2.25. The molecule has 0 atom stereocenters. The van der Waals surface area contributed by atoms with Crippen LogP contribution in [0.1, 0.15) is 33.3 Å². The van der Waals surface area contributed by atoms with Gasteiger partial charge in [0.05, 0.1) is 13.2 Å². The van der Waals surface area contributed by atoms with Crippen molar-refractivity contribution in [1.29, 1.82) is 0 Å². The number of hydrogen-bond donors (Lipinski definition) is 0. The summed E-state index contributed by atoms with van der Waals surface area (Å²) >= 11 is 0. The molecule has 6 nitrogen and oxygen atoms in total. The van der Waals surface area contributed by atoms with Crippen LogP contribution in [0.2, 0.25) is 0 Å². The van der Waals surface area contributed by atoms with E-state index in [1.165, 1.54) is 0 Å². The number of carbonyl (C=O) groups is 1. The van der Waals surface area contributed by atoms with Crippen molar-refractivity contribution in [2.45, 2.75) is 34.0 Å². The largest absolute Gasteiger partial charge is 0.488 e. The molecule has 1 rings (SSSR count). The molecule has 25 heavy (non-hydrogen) atoms. The highest BCUT2D eigenvalue weighted by Gasteiger charge is 2.12. The summed E-state index contributed by atoms with van der Waals surface area (Å²) in [6.07, 6.45) is 1.26. The molecule has 0 aliphatic carbocycles. The number of esters is 1. The van der Waals surface area contributed by atoms with E-state index in [1.807, 2.05) is 45.0 Å². The monoisotopic (exact) mass is 352 g/mol. The van der Waals surface area contributed by atoms with Gasteiger partial charge >= 0.3 is 5.97 Å². The molecule has 0 bridgehead atoms. The second kappa shape index (κ2) is 12.3. The van der Waals surface area contributed by atoms with Crippen molar-refractivity contribution in [3.63, 3.8) is 0 Å². The molecule has 1 aromatic rings. The Morgan fingerprint density at radius 1 is 0.920 bits per heavy atom. The van der Waals surface area contributed by atoms with Crippen molar-refractivity contribution in [3.05, 3.63) is 35.6 Å². The Bertz CT molecular complexity index is 517. The van der Waals surface area contributed by atoms with Gasteiger partial charge in [-0.15, -0.1) is 0 Å². The van der Waals surface area contributed by atoms with Crippen LogP contribution >= 0.6 is 0 Å². The molecule has 0 saturated heterocycles. The third-order valence-corrected chi connectivity index (χ3v) is 3.05. The molecule has 0 aliphatic rings. The van der Waals surface area contributed by atoms with Crippen molar-refractivity contribution in [2.24, 2.45) is 0 Å². The molecule has 0 radical (unpaired) electrons. The molecule has 6 heteroatoms. The zero-order valence-electron chi connectivity index (χ0n) is 15.4. The van der Waals surface area contributed by atoms with Crippen molar-refractivity contribution in [3.8, 4) is 5.75 Å². The van der Waals surface area contributed by atoms with Gasteiger partial charge in [-0.2, -0.15) is 0 Å². The molecule has 0 N–H and O–H groups in total. The zero-order valence-corrected chi connectivity index (χ0v) is 15.4. The molecule has 1 aromatic carbocycles. The lowest BCUT2D eigenvalue weighted by atomic mass is 10.2. The van der Waals surface area contributed by atoms with Crippen LogP contribution in [-0.2, 0) is 23.7 Å². The van der Waals surface area contributed by atoms with Gasteiger partial charge in [-0.1, -0.05) is 12.1 Å². The fourth-order valence-electron chi connectivity index (χ4n) is 2.01. The third-order valence-electron chi connectivity index (χ3n) is 3.05. The van der Waals surface area contributed by atoms with Gasteiger partial charge in [0, 0.05) is 13.2 Å². The number of rotatable bonds is 12. The topological polar surface area (TPSA) is 63.2 Å². The molecule has 0 aliphatic heterocycles. The Balaban J connectivity index is 2.70. The number of ether oxygens (including phenoxy) is 5. The second-order valence-electron chi connectivity index (χ2n) is 4.88. The molecule has 0 saturated carbocycles. The van der Waals surface area contributed by atoms with Gasteiger partial charge < -0.3 is 23.7 Å². The summed E-state index contributed by atoms with van der Waals surface area (Å²) in [4.78, 5) is 11.8. The Morgan fingerprint density at radius 2 is 1.52 bits per heavy atom. The minimum atomic E-state index is -0.471. The van der Waals surface area contributed by atoms with E-state index in [2.05, 4.69) is 0 Å². The molecule has 140 valence electrons. The highest BCUT2D eigenvalue weighted by atomic mass is 16.7. The standard InChI is InChI=1S/C19H28O6/c1-5-21-17(19(20)24-8-4)13-15-9-11-16(12-10-15)25-14-18(22-6-2)23-7-3/h9-13,18H,5-8,14H2,1-4H3. The van der Waals surface area contributed by atoms with Crippen LogP contribution < -0.4 is 4.74 Å². The summed E-state index contributed by atoms with van der Waals surface area (Å²) in [7, 11) is 0. The summed E-state index contributed by atoms with van der Waals surface area (Å²) in [5.41, 5.74) is 0.815. The van der Waals surface area contributed by atoms with Crippen molar-refractivity contribution < 1.29 is 28.5 Å². The van der Waals surface area contributed by atoms with Crippen LogP contribution in [0.3, 0.4) is 0 Å². The van der Waals surface area contributed by atoms with Gasteiger partial charge in [-0.3, -0.25) is 0 Å². The first-order valence-electron chi connectivity index (χ1n) is 8.62. The lowest BCUT2D eigenvalue weighted by Gasteiger charge is -2.17. The van der Waals surface area contributed by atoms with Gasteiger partial charge in [0.25, 0.3) is 0 Å². The summed E-state index contributed by atoms with van der Waals surface area (Å²) in [6.45, 7) is 9.52. The minimum absolute atomic E-state index is 0.186. The van der Waals surface area contributed by atoms with Crippen molar-refractivity contribution >= 4 is 12.0 Å². The highest BCUT2D eigenvalue weighted by Crippen LogP contribution is 2.16. The summed E-state index contributed by atoms with van der Waals surface area (Å²) in [5.74, 6) is 0.405. The molecule has 0 fully saturated rings. The fourth-order valence-corrected chi connectivity index (χ4v) is 2.01. The highest BCUT2D eigenvalue weighted by molar-refractivity contribution is 5.91. The fraction of sp³-hybridized carbons (Fsp3) is 0.526. The van der Waals surface area contributed by atoms with E-state index in [0.717, 1.165) is 5.56 Å². The maximum Gasteiger partial charge on any atom is 0.373 e. The quantitative estimate of drug-likeness (QED) is 0.249. The maximum absolute atomic E-state index is 11.8. The minimum Gasteiger partial charge on any atom is -0.488 e. The van der Waals surface area contributed by atoms with Gasteiger partial charge in [0.1, 0.15) is 12.4 Å². The van der Waals surface area contributed by atoms with E-state index in [4.69, 9.17) is 23.7 Å². The third kappa shape index (κ3) is 8.05. The zero-order chi connectivity index (χ0) is 18.5. The van der Waals surface area contributed by atoms with Crippen LogP contribution in [0.4, 0.5) is 0 Å². The second-order valence-corrected chi connectivity index (χ2v) is 4.88. The Morgan fingerprint density at radius 3 is 2.04 bits per heavy atom. The van der Waals surface area contributed by atoms with Crippen LogP contribution in [0, 0.1) is 0 Å². The van der Waals surface area contributed by atoms with Gasteiger partial charge in [-0.05, 0) is 51.5 Å². The van der Waals surface area contributed by atoms with E-state index in [1.54, 1.807) is 13.0 Å². The van der Waals surface area contributed by atoms with Crippen LogP contribution in [-0.4, -0.2) is 45.3 Å². The molecule has 0 spiro atoms. The van der Waals surface area contributed by atoms with E-state index in [0.29, 0.717) is 38.8 Å². The average molecular weight is 352 g/mol. The predicted molar refractivity (Wildman–Crippen MR) is 95.2 cm³/mol. The molecule has 0 heterocycles. The van der Waals surface area contributed by atoms with Gasteiger partial charge in [-0.25, -0.2) is 4.79 Å². The Hall–Kier alpha value is -2.05. The number of carbonyl (C=O) groups excluding carboxylic acids is 1. The smallest absolute Gasteiger partial charge is 0.373 e. The molecule has 0 aromatic heterocycles. The first-order valence-corrected chi connectivity index (χ1v) is 8.62. The first-order chi connectivity index (χ1) is 12.1. The summed E-state index contributed by atoms with van der Waals surface area (Å²) in [6, 6.07) is 7.30. The van der Waals surface area contributed by atoms with Crippen molar-refractivity contribution in [2.75, 3.05) is 33.0 Å². The number of benzene rings is 1. The van der Waals surface area contributed by atoms with E-state index >= 15 is 0 Å². The molecular formula is C19H28O6. The summed E-state index contributed by atoms with van der Waals surface area (Å²) in [5, 5.41) is 0. The van der Waals surface area contributed by atoms with Crippen molar-refractivity contribution in [1.82, 2.24) is 0 Å². The van der Waals surface area contributed by atoms with E-state index < -0.39 is 5.97 Å². The average Bonchev–Trinajstić information content (AvgIpc) is 2.61. The lowest BCUT2D eigenvalue weighted by molar-refractivity contribution is -0.152. The SMILES string of the molecule is CCOC(=O)C(=Cc1ccc(OCC(OCC)OCC)cc1)OCC. The number of hydrogen-bond acceptors (Lipinski definition) is 6. The van der Waals surface area contributed by atoms with Gasteiger partial charge in [0.2, 0.25) is 5.76 Å². The Labute approximate surface area is 149 Å². The van der Waals surface area contributed by atoms with E-state index in [9.17, 15) is 4.79 Å². The molecule has 0 unspecified atom stereocenters. The van der Waals surface area contributed by atoms with E-state index in [-0.39, 0.29) is 12.0 Å². The maximum atomic E-state index is 11.8. The normalized spacial score (nSPS) is 11.5. The molecule has 0 amide bonds. The van der Waals surface area contributed by atoms with Crippen LogP contribution in [0.25, 0.3) is 6.08 Å². The Kier molecular flexibility index (Phi) is 10.4.